The highest BCUT2D eigenvalue weighted by Crippen LogP contribution is 2.23. The summed E-state index contributed by atoms with van der Waals surface area (Å²) in [5.41, 5.74) is 5.09. The lowest BCUT2D eigenvalue weighted by atomic mass is 10.0. The van der Waals surface area contributed by atoms with Crippen molar-refractivity contribution in [2.24, 2.45) is 0 Å². The molecule has 0 aliphatic rings. The van der Waals surface area contributed by atoms with Crippen molar-refractivity contribution in [2.45, 2.75) is 20.8 Å². The number of ether oxygens (including phenoxy) is 1. The molecule has 0 heterocycles. The van der Waals surface area contributed by atoms with Gasteiger partial charge >= 0.3 is 0 Å². The molecule has 0 unspecified atom stereocenters. The van der Waals surface area contributed by atoms with Gasteiger partial charge in [-0.1, -0.05) is 0 Å². The molecule has 0 atom stereocenters. The van der Waals surface area contributed by atoms with Crippen LogP contribution in [0.4, 0.5) is 5.69 Å². The SMILES string of the molecule is COc1cc(C)c(/C=C/C(=O)Nc2ccc(I)cc2C)c(C)c1. The largest absolute Gasteiger partial charge is 0.497 e. The van der Waals surface area contributed by atoms with E-state index in [0.717, 1.165) is 37.3 Å². The third-order valence-corrected chi connectivity index (χ3v) is 4.32. The second-order valence-corrected chi connectivity index (χ2v) is 6.70. The Labute approximate surface area is 150 Å². The second-order valence-electron chi connectivity index (χ2n) is 5.46. The quantitative estimate of drug-likeness (QED) is 0.565. The third kappa shape index (κ3) is 4.58. The van der Waals surface area contributed by atoms with E-state index in [4.69, 9.17) is 4.74 Å². The number of hydrogen-bond acceptors (Lipinski definition) is 2. The van der Waals surface area contributed by atoms with Crippen molar-refractivity contribution in [3.05, 3.63) is 62.2 Å². The molecule has 4 heteroatoms. The Bertz CT molecular complexity index is 743. The van der Waals surface area contributed by atoms with E-state index in [1.165, 1.54) is 0 Å². The number of nitrogens with one attached hydrogen (secondary N) is 1. The first-order valence-electron chi connectivity index (χ1n) is 7.31. The predicted molar refractivity (Wildman–Crippen MR) is 104 cm³/mol. The molecular weight excluding hydrogens is 401 g/mol. The van der Waals surface area contributed by atoms with Crippen LogP contribution in [0.15, 0.2) is 36.4 Å². The van der Waals surface area contributed by atoms with Gasteiger partial charge < -0.3 is 10.1 Å². The average molecular weight is 421 g/mol. The zero-order chi connectivity index (χ0) is 17.0. The van der Waals surface area contributed by atoms with Crippen LogP contribution in [0.1, 0.15) is 22.3 Å². The standard InChI is InChI=1S/C19H20INO2/c1-12-10-16(23-4)11-13(2)17(12)6-8-19(22)21-18-7-5-15(20)9-14(18)3/h5-11H,1-4H3,(H,21,22)/b8-6+. The van der Waals surface area contributed by atoms with Crippen molar-refractivity contribution in [1.82, 2.24) is 0 Å². The summed E-state index contributed by atoms with van der Waals surface area (Å²) in [5.74, 6) is 0.694. The van der Waals surface area contributed by atoms with Crippen molar-refractivity contribution in [2.75, 3.05) is 12.4 Å². The zero-order valence-electron chi connectivity index (χ0n) is 13.7. The molecule has 0 saturated carbocycles. The van der Waals surface area contributed by atoms with Crippen molar-refractivity contribution < 1.29 is 9.53 Å². The number of rotatable bonds is 4. The average Bonchev–Trinajstić information content (AvgIpc) is 2.49. The van der Waals surface area contributed by atoms with Gasteiger partial charge in [0.25, 0.3) is 0 Å². The number of amides is 1. The van der Waals surface area contributed by atoms with Crippen LogP contribution in [0.25, 0.3) is 6.08 Å². The van der Waals surface area contributed by atoms with Crippen LogP contribution in [0.5, 0.6) is 5.75 Å². The van der Waals surface area contributed by atoms with E-state index in [9.17, 15) is 4.79 Å². The maximum absolute atomic E-state index is 12.1. The van der Waals surface area contributed by atoms with E-state index in [1.54, 1.807) is 13.2 Å². The lowest BCUT2D eigenvalue weighted by molar-refractivity contribution is -0.111. The van der Waals surface area contributed by atoms with E-state index >= 15 is 0 Å². The molecular formula is C19H20INO2. The van der Waals surface area contributed by atoms with Crippen LogP contribution in [0.3, 0.4) is 0 Å². The molecule has 0 spiro atoms. The molecule has 120 valence electrons. The molecule has 3 nitrogen and oxygen atoms in total. The number of benzene rings is 2. The van der Waals surface area contributed by atoms with Gasteiger partial charge in [-0.05, 0) is 102 Å². The molecule has 0 aliphatic heterocycles. The fraction of sp³-hybridized carbons (Fsp3) is 0.211. The van der Waals surface area contributed by atoms with E-state index in [0.29, 0.717) is 0 Å². The number of aryl methyl sites for hydroxylation is 3. The van der Waals surface area contributed by atoms with Gasteiger partial charge in [0.05, 0.1) is 7.11 Å². The van der Waals surface area contributed by atoms with Crippen LogP contribution in [0.2, 0.25) is 0 Å². The van der Waals surface area contributed by atoms with Gasteiger partial charge in [-0.3, -0.25) is 4.79 Å². The monoisotopic (exact) mass is 421 g/mol. The Morgan fingerprint density at radius 3 is 2.30 bits per heavy atom. The molecule has 2 rings (SSSR count). The minimum atomic E-state index is -0.135. The first kappa shape index (κ1) is 17.5. The van der Waals surface area contributed by atoms with Crippen LogP contribution in [0, 0.1) is 24.3 Å². The molecule has 1 N–H and O–H groups in total. The van der Waals surface area contributed by atoms with Crippen LogP contribution in [-0.4, -0.2) is 13.0 Å². The number of anilines is 1. The second kappa shape index (κ2) is 7.64. The molecule has 2 aromatic carbocycles. The summed E-state index contributed by atoms with van der Waals surface area (Å²) in [4.78, 5) is 12.1. The maximum atomic E-state index is 12.1. The molecule has 1 amide bonds. The molecule has 0 saturated heterocycles. The van der Waals surface area contributed by atoms with E-state index in [-0.39, 0.29) is 5.91 Å². The summed E-state index contributed by atoms with van der Waals surface area (Å²) >= 11 is 2.26. The lowest BCUT2D eigenvalue weighted by Crippen LogP contribution is -2.09. The lowest BCUT2D eigenvalue weighted by Gasteiger charge is -2.09. The fourth-order valence-corrected chi connectivity index (χ4v) is 3.06. The minimum Gasteiger partial charge on any atom is -0.497 e. The van der Waals surface area contributed by atoms with Gasteiger partial charge in [-0.2, -0.15) is 0 Å². The fourth-order valence-electron chi connectivity index (χ4n) is 2.42. The van der Waals surface area contributed by atoms with E-state index in [2.05, 4.69) is 27.9 Å². The van der Waals surface area contributed by atoms with Crippen LogP contribution < -0.4 is 10.1 Å². The summed E-state index contributed by atoms with van der Waals surface area (Å²) in [7, 11) is 1.65. The van der Waals surface area contributed by atoms with Crippen molar-refractivity contribution in [1.29, 1.82) is 0 Å². The van der Waals surface area contributed by atoms with Gasteiger partial charge in [-0.25, -0.2) is 0 Å². The summed E-state index contributed by atoms with van der Waals surface area (Å²) in [6.07, 6.45) is 3.42. The highest BCUT2D eigenvalue weighted by Gasteiger charge is 2.05. The Morgan fingerprint density at radius 1 is 1.09 bits per heavy atom. The van der Waals surface area contributed by atoms with Crippen LogP contribution >= 0.6 is 22.6 Å². The molecule has 0 radical (unpaired) electrons. The minimum absolute atomic E-state index is 0.135. The number of carbonyl (C=O) groups excluding carboxylic acids is 1. The summed E-state index contributed by atoms with van der Waals surface area (Å²) in [6, 6.07) is 9.87. The van der Waals surface area contributed by atoms with E-state index in [1.807, 2.05) is 57.2 Å². The number of carbonyl (C=O) groups is 1. The topological polar surface area (TPSA) is 38.3 Å². The highest BCUT2D eigenvalue weighted by atomic mass is 127. The maximum Gasteiger partial charge on any atom is 0.248 e. The van der Waals surface area contributed by atoms with Gasteiger partial charge in [0.2, 0.25) is 5.91 Å². The van der Waals surface area contributed by atoms with Crippen molar-refractivity contribution in [3.63, 3.8) is 0 Å². The Kier molecular flexibility index (Phi) is 5.82. The Hall–Kier alpha value is -1.82. The first-order chi connectivity index (χ1) is 10.9. The first-order valence-corrected chi connectivity index (χ1v) is 8.39. The van der Waals surface area contributed by atoms with Gasteiger partial charge in [0, 0.05) is 15.3 Å². The third-order valence-electron chi connectivity index (χ3n) is 3.65. The van der Waals surface area contributed by atoms with Crippen molar-refractivity contribution >= 4 is 40.3 Å². The molecule has 23 heavy (non-hydrogen) atoms. The summed E-state index contributed by atoms with van der Waals surface area (Å²) < 4.78 is 6.41. The number of halogens is 1. The molecule has 2 aromatic rings. The van der Waals surface area contributed by atoms with Crippen LogP contribution in [-0.2, 0) is 4.79 Å². The molecule has 0 aromatic heterocycles. The molecule has 0 fully saturated rings. The van der Waals surface area contributed by atoms with Gasteiger partial charge in [0.15, 0.2) is 0 Å². The molecule has 0 bridgehead atoms. The summed E-state index contributed by atoms with van der Waals surface area (Å²) in [6.45, 7) is 6.01. The Balaban J connectivity index is 2.15. The predicted octanol–water partition coefficient (Wildman–Crippen LogP) is 4.88. The highest BCUT2D eigenvalue weighted by molar-refractivity contribution is 14.1. The number of hydrogen-bond donors (Lipinski definition) is 1. The normalized spacial score (nSPS) is 10.8. The van der Waals surface area contributed by atoms with Crippen molar-refractivity contribution in [3.8, 4) is 5.75 Å². The zero-order valence-corrected chi connectivity index (χ0v) is 15.9. The summed E-state index contributed by atoms with van der Waals surface area (Å²) in [5, 5.41) is 2.92. The smallest absolute Gasteiger partial charge is 0.248 e. The van der Waals surface area contributed by atoms with E-state index < -0.39 is 0 Å². The van der Waals surface area contributed by atoms with Gasteiger partial charge in [-0.15, -0.1) is 0 Å². The Morgan fingerprint density at radius 2 is 1.74 bits per heavy atom. The van der Waals surface area contributed by atoms with Gasteiger partial charge in [0.1, 0.15) is 5.75 Å². The number of methoxy groups -OCH3 is 1. The molecule has 0 aliphatic carbocycles.